The Morgan fingerprint density at radius 1 is 1.29 bits per heavy atom. The normalized spacial score (nSPS) is 14.7. The molecule has 2 heteroatoms. The number of rotatable bonds is 1. The fraction of sp³-hybridized carbons (Fsp3) is 0.0833. The quantitative estimate of drug-likeness (QED) is 0.687. The van der Waals surface area contributed by atoms with Gasteiger partial charge in [-0.1, -0.05) is 35.9 Å². The molecule has 0 N–H and O–H groups in total. The van der Waals surface area contributed by atoms with Gasteiger partial charge >= 0.3 is 0 Å². The van der Waals surface area contributed by atoms with Crippen molar-refractivity contribution in [2.75, 3.05) is 0 Å². The number of halogens is 1. The molecule has 0 amide bonds. The fourth-order valence-corrected chi connectivity index (χ4v) is 1.58. The smallest absolute Gasteiger partial charge is 0.186 e. The molecule has 0 unspecified atom stereocenters. The van der Waals surface area contributed by atoms with E-state index in [-0.39, 0.29) is 5.78 Å². The van der Waals surface area contributed by atoms with Gasteiger partial charge in [0.2, 0.25) is 0 Å². The van der Waals surface area contributed by atoms with Crippen LogP contribution < -0.4 is 0 Å². The second-order valence-corrected chi connectivity index (χ2v) is 3.67. The van der Waals surface area contributed by atoms with Gasteiger partial charge in [0, 0.05) is 10.6 Å². The monoisotopic (exact) mass is 204 g/mol. The summed E-state index contributed by atoms with van der Waals surface area (Å²) in [5.74, 6) is 0.0462. The molecule has 14 heavy (non-hydrogen) atoms. The van der Waals surface area contributed by atoms with E-state index in [1.165, 1.54) is 0 Å². The molecular formula is C12H9ClO. The standard InChI is InChI=1S/C12H9ClO/c1-8-5-6-9(7-11(8)13)10-3-2-4-12(10)14/h2-7H,1H3. The summed E-state index contributed by atoms with van der Waals surface area (Å²) in [6, 6.07) is 5.66. The molecule has 0 saturated heterocycles. The Morgan fingerprint density at radius 3 is 2.64 bits per heavy atom. The predicted octanol–water partition coefficient (Wildman–Crippen LogP) is 3.17. The van der Waals surface area contributed by atoms with Gasteiger partial charge in [-0.25, -0.2) is 0 Å². The van der Waals surface area contributed by atoms with Gasteiger partial charge in [0.15, 0.2) is 5.78 Å². The number of benzene rings is 1. The Balaban J connectivity index is 2.44. The lowest BCUT2D eigenvalue weighted by Gasteiger charge is -2.03. The van der Waals surface area contributed by atoms with Crippen molar-refractivity contribution >= 4 is 23.0 Å². The van der Waals surface area contributed by atoms with Gasteiger partial charge in [-0.05, 0) is 30.2 Å². The molecule has 1 aliphatic carbocycles. The molecule has 0 radical (unpaired) electrons. The van der Waals surface area contributed by atoms with Crippen LogP contribution in [0.4, 0.5) is 0 Å². The summed E-state index contributed by atoms with van der Waals surface area (Å²) in [7, 11) is 0. The fourth-order valence-electron chi connectivity index (χ4n) is 1.40. The van der Waals surface area contributed by atoms with Crippen LogP contribution in [0.1, 0.15) is 11.1 Å². The summed E-state index contributed by atoms with van der Waals surface area (Å²) < 4.78 is 0. The van der Waals surface area contributed by atoms with E-state index in [2.05, 4.69) is 0 Å². The van der Waals surface area contributed by atoms with E-state index in [0.717, 1.165) is 11.1 Å². The molecule has 0 fully saturated rings. The zero-order valence-corrected chi connectivity index (χ0v) is 8.51. The maximum Gasteiger partial charge on any atom is 0.186 e. The van der Waals surface area contributed by atoms with E-state index in [1.807, 2.05) is 31.2 Å². The molecule has 0 aromatic heterocycles. The highest BCUT2D eigenvalue weighted by Gasteiger charge is 2.12. The third kappa shape index (κ3) is 1.51. The van der Waals surface area contributed by atoms with Gasteiger partial charge < -0.3 is 0 Å². The average molecular weight is 205 g/mol. The number of hydrogen-bond donors (Lipinski definition) is 0. The summed E-state index contributed by atoms with van der Waals surface area (Å²) in [4.78, 5) is 11.4. The summed E-state index contributed by atoms with van der Waals surface area (Å²) in [6.45, 7) is 1.94. The van der Waals surface area contributed by atoms with Gasteiger partial charge in [0.05, 0.1) is 0 Å². The summed E-state index contributed by atoms with van der Waals surface area (Å²) >= 11 is 5.98. The zero-order valence-electron chi connectivity index (χ0n) is 7.75. The van der Waals surface area contributed by atoms with E-state index in [0.29, 0.717) is 10.6 Å². The highest BCUT2D eigenvalue weighted by molar-refractivity contribution is 6.33. The molecule has 70 valence electrons. The number of hydrogen-bond acceptors (Lipinski definition) is 1. The highest BCUT2D eigenvalue weighted by atomic mass is 35.5. The average Bonchev–Trinajstić information content (AvgIpc) is 2.57. The highest BCUT2D eigenvalue weighted by Crippen LogP contribution is 2.25. The van der Waals surface area contributed by atoms with Crippen LogP contribution in [-0.2, 0) is 4.79 Å². The van der Waals surface area contributed by atoms with E-state index in [1.54, 1.807) is 12.2 Å². The van der Waals surface area contributed by atoms with Gasteiger partial charge in [0.1, 0.15) is 0 Å². The summed E-state index contributed by atoms with van der Waals surface area (Å²) in [5.41, 5.74) is 2.62. The predicted molar refractivity (Wildman–Crippen MR) is 58.3 cm³/mol. The van der Waals surface area contributed by atoms with Crippen LogP contribution in [0.15, 0.2) is 36.4 Å². The maximum absolute atomic E-state index is 11.4. The Labute approximate surface area is 87.7 Å². The topological polar surface area (TPSA) is 17.1 Å². The van der Waals surface area contributed by atoms with Crippen molar-refractivity contribution in [3.05, 3.63) is 52.6 Å². The van der Waals surface area contributed by atoms with Gasteiger partial charge in [0.25, 0.3) is 0 Å². The van der Waals surface area contributed by atoms with Crippen LogP contribution in [-0.4, -0.2) is 5.78 Å². The number of carbonyl (C=O) groups is 1. The first-order valence-electron chi connectivity index (χ1n) is 4.38. The van der Waals surface area contributed by atoms with Crippen molar-refractivity contribution < 1.29 is 4.79 Å². The molecule has 0 heterocycles. The lowest BCUT2D eigenvalue weighted by Crippen LogP contribution is -1.94. The molecule has 0 bridgehead atoms. The van der Waals surface area contributed by atoms with Crippen molar-refractivity contribution in [3.63, 3.8) is 0 Å². The van der Waals surface area contributed by atoms with E-state index in [4.69, 9.17) is 11.6 Å². The number of carbonyl (C=O) groups excluding carboxylic acids is 1. The first-order chi connectivity index (χ1) is 6.68. The molecule has 1 aliphatic rings. The van der Waals surface area contributed by atoms with Crippen molar-refractivity contribution in [2.24, 2.45) is 0 Å². The second kappa shape index (κ2) is 3.43. The van der Waals surface area contributed by atoms with Gasteiger partial charge in [-0.3, -0.25) is 4.79 Å². The molecule has 0 spiro atoms. The first-order valence-corrected chi connectivity index (χ1v) is 4.75. The van der Waals surface area contributed by atoms with Crippen molar-refractivity contribution in [2.45, 2.75) is 6.92 Å². The van der Waals surface area contributed by atoms with E-state index < -0.39 is 0 Å². The molecule has 2 rings (SSSR count). The molecule has 0 atom stereocenters. The number of ketones is 1. The van der Waals surface area contributed by atoms with Crippen LogP contribution >= 0.6 is 11.6 Å². The molecule has 1 aromatic rings. The van der Waals surface area contributed by atoms with Crippen LogP contribution in [0.5, 0.6) is 0 Å². The third-order valence-corrected chi connectivity index (χ3v) is 2.67. The molecule has 0 aliphatic heterocycles. The minimum absolute atomic E-state index is 0.0462. The number of aryl methyl sites for hydroxylation is 1. The second-order valence-electron chi connectivity index (χ2n) is 3.27. The number of allylic oxidation sites excluding steroid dienone is 4. The summed E-state index contributed by atoms with van der Waals surface area (Å²) in [5, 5.41) is 0.697. The zero-order chi connectivity index (χ0) is 10.1. The van der Waals surface area contributed by atoms with Crippen LogP contribution in [0, 0.1) is 6.92 Å². The molecular weight excluding hydrogens is 196 g/mol. The van der Waals surface area contributed by atoms with Gasteiger partial charge in [-0.2, -0.15) is 0 Å². The SMILES string of the molecule is Cc1ccc(C2=CC=CC2=O)cc1Cl. The Morgan fingerprint density at radius 2 is 2.07 bits per heavy atom. The Hall–Kier alpha value is -1.34. The lowest BCUT2D eigenvalue weighted by molar-refractivity contribution is -0.109. The van der Waals surface area contributed by atoms with Gasteiger partial charge in [-0.15, -0.1) is 0 Å². The van der Waals surface area contributed by atoms with Crippen molar-refractivity contribution in [1.29, 1.82) is 0 Å². The van der Waals surface area contributed by atoms with Crippen LogP contribution in [0.2, 0.25) is 5.02 Å². The minimum atomic E-state index is 0.0462. The molecule has 0 saturated carbocycles. The first kappa shape index (κ1) is 9.22. The van der Waals surface area contributed by atoms with Crippen molar-refractivity contribution in [3.8, 4) is 0 Å². The maximum atomic E-state index is 11.4. The van der Waals surface area contributed by atoms with Crippen molar-refractivity contribution in [1.82, 2.24) is 0 Å². The Kier molecular flexibility index (Phi) is 2.26. The van der Waals surface area contributed by atoms with Crippen LogP contribution in [0.3, 0.4) is 0 Å². The minimum Gasteiger partial charge on any atom is -0.289 e. The van der Waals surface area contributed by atoms with E-state index >= 15 is 0 Å². The third-order valence-electron chi connectivity index (χ3n) is 2.26. The summed E-state index contributed by atoms with van der Waals surface area (Å²) in [6.07, 6.45) is 5.12. The molecule has 1 nitrogen and oxygen atoms in total. The Bertz CT molecular complexity index is 455. The lowest BCUT2D eigenvalue weighted by atomic mass is 10.0. The van der Waals surface area contributed by atoms with E-state index in [9.17, 15) is 4.79 Å². The van der Waals surface area contributed by atoms with Crippen LogP contribution in [0.25, 0.3) is 5.57 Å². The largest absolute Gasteiger partial charge is 0.289 e. The molecule has 1 aromatic carbocycles.